The molecular weight excluding hydrogens is 272 g/mol. The van der Waals surface area contributed by atoms with Crippen LogP contribution in [-0.4, -0.2) is 14.5 Å². The Morgan fingerprint density at radius 1 is 1.16 bits per heavy atom. The van der Waals surface area contributed by atoms with Crippen molar-refractivity contribution in [1.82, 2.24) is 14.5 Å². The number of hydrogen-bond acceptors (Lipinski definition) is 2. The lowest BCUT2D eigenvalue weighted by Gasteiger charge is -2.08. The van der Waals surface area contributed by atoms with Gasteiger partial charge in [0.15, 0.2) is 0 Å². The molecule has 0 aliphatic heterocycles. The number of benzene rings is 1. The molecule has 3 rings (SSSR count). The maximum atomic E-state index is 13.3. The smallest absolute Gasteiger partial charge is 0.129 e. The molecule has 0 bridgehead atoms. The van der Waals surface area contributed by atoms with Crippen LogP contribution in [0.4, 0.5) is 8.78 Å². The molecule has 0 atom stereocenters. The summed E-state index contributed by atoms with van der Waals surface area (Å²) >= 11 is 5.84. The number of halogens is 3. The quantitative estimate of drug-likeness (QED) is 0.673. The van der Waals surface area contributed by atoms with Crippen LogP contribution in [0.15, 0.2) is 36.7 Å². The molecule has 6 heteroatoms. The highest BCUT2D eigenvalue weighted by atomic mass is 35.5. The van der Waals surface area contributed by atoms with Crippen LogP contribution in [0.3, 0.4) is 0 Å². The number of nitrogens with zero attached hydrogens (tertiary/aromatic N) is 3. The third-order valence-electron chi connectivity index (χ3n) is 2.75. The summed E-state index contributed by atoms with van der Waals surface area (Å²) in [5, 5.41) is 0. The lowest BCUT2D eigenvalue weighted by Crippen LogP contribution is -2.00. The fraction of sp³-hybridized carbons (Fsp3) is 0.0769. The van der Waals surface area contributed by atoms with E-state index in [1.54, 1.807) is 23.0 Å². The molecule has 0 fully saturated rings. The van der Waals surface area contributed by atoms with Crippen molar-refractivity contribution in [2.24, 2.45) is 0 Å². The third-order valence-corrected chi connectivity index (χ3v) is 2.99. The van der Waals surface area contributed by atoms with Crippen molar-refractivity contribution in [2.45, 2.75) is 5.88 Å². The van der Waals surface area contributed by atoms with E-state index in [2.05, 4.69) is 9.97 Å². The second kappa shape index (κ2) is 4.59. The van der Waals surface area contributed by atoms with Crippen molar-refractivity contribution in [3.63, 3.8) is 0 Å². The van der Waals surface area contributed by atoms with Crippen LogP contribution in [0, 0.1) is 11.6 Å². The fourth-order valence-corrected chi connectivity index (χ4v) is 2.21. The van der Waals surface area contributed by atoms with Gasteiger partial charge in [-0.15, -0.1) is 11.6 Å². The van der Waals surface area contributed by atoms with Gasteiger partial charge in [0.25, 0.3) is 0 Å². The Morgan fingerprint density at radius 2 is 1.89 bits per heavy atom. The molecule has 1 aromatic carbocycles. The van der Waals surface area contributed by atoms with Crippen molar-refractivity contribution in [1.29, 1.82) is 0 Å². The molecule has 96 valence electrons. The molecule has 0 N–H and O–H groups in total. The molecule has 0 saturated heterocycles. The van der Waals surface area contributed by atoms with Gasteiger partial charge < -0.3 is 0 Å². The monoisotopic (exact) mass is 279 g/mol. The third kappa shape index (κ3) is 2.06. The standard InChI is InChI=1S/C13H8ClF2N3/c14-6-13-18-11-7-17-2-1-12(11)19(13)10-4-8(15)3-9(16)5-10/h1-5,7H,6H2. The lowest BCUT2D eigenvalue weighted by atomic mass is 10.3. The van der Waals surface area contributed by atoms with Crippen LogP contribution in [-0.2, 0) is 5.88 Å². The average molecular weight is 280 g/mol. The summed E-state index contributed by atoms with van der Waals surface area (Å²) in [6.07, 6.45) is 3.17. The number of rotatable bonds is 2. The first-order valence-electron chi connectivity index (χ1n) is 5.53. The molecule has 3 nitrogen and oxygen atoms in total. The van der Waals surface area contributed by atoms with E-state index in [9.17, 15) is 8.78 Å². The maximum Gasteiger partial charge on any atom is 0.129 e. The molecule has 2 heterocycles. The Morgan fingerprint density at radius 3 is 2.58 bits per heavy atom. The maximum absolute atomic E-state index is 13.3. The summed E-state index contributed by atoms with van der Waals surface area (Å²) in [4.78, 5) is 8.25. The van der Waals surface area contributed by atoms with Crippen LogP contribution < -0.4 is 0 Å². The van der Waals surface area contributed by atoms with Gasteiger partial charge in [0.1, 0.15) is 23.0 Å². The first kappa shape index (κ1) is 12.0. The Balaban J connectivity index is 2.34. The summed E-state index contributed by atoms with van der Waals surface area (Å²) < 4.78 is 28.3. The van der Waals surface area contributed by atoms with Crippen molar-refractivity contribution < 1.29 is 8.78 Å². The number of alkyl halides is 1. The van der Waals surface area contributed by atoms with Crippen molar-refractivity contribution in [3.05, 3.63) is 54.1 Å². The van der Waals surface area contributed by atoms with Crippen LogP contribution in [0.25, 0.3) is 16.7 Å². The molecule has 0 aliphatic carbocycles. The lowest BCUT2D eigenvalue weighted by molar-refractivity contribution is 0.581. The van der Waals surface area contributed by atoms with E-state index >= 15 is 0 Å². The Kier molecular flexibility index (Phi) is 2.91. The summed E-state index contributed by atoms with van der Waals surface area (Å²) in [7, 11) is 0. The van der Waals surface area contributed by atoms with E-state index in [0.717, 1.165) is 6.07 Å². The van der Waals surface area contributed by atoms with Gasteiger partial charge >= 0.3 is 0 Å². The molecular formula is C13H8ClF2N3. The number of hydrogen-bond donors (Lipinski definition) is 0. The number of fused-ring (bicyclic) bond motifs is 1. The molecule has 0 aliphatic rings. The van der Waals surface area contributed by atoms with Crippen LogP contribution >= 0.6 is 11.6 Å². The SMILES string of the molecule is Fc1cc(F)cc(-n2c(CCl)nc3cnccc32)c1. The van der Waals surface area contributed by atoms with Crippen LogP contribution in [0.5, 0.6) is 0 Å². The van der Waals surface area contributed by atoms with Crippen molar-refractivity contribution >= 4 is 22.6 Å². The predicted octanol–water partition coefficient (Wildman–Crippen LogP) is 3.44. The molecule has 0 spiro atoms. The summed E-state index contributed by atoms with van der Waals surface area (Å²) in [6, 6.07) is 5.02. The van der Waals surface area contributed by atoms with Crippen LogP contribution in [0.1, 0.15) is 5.82 Å². The minimum absolute atomic E-state index is 0.132. The molecule has 19 heavy (non-hydrogen) atoms. The van der Waals surface area contributed by atoms with E-state index in [4.69, 9.17) is 11.6 Å². The topological polar surface area (TPSA) is 30.7 Å². The molecule has 3 aromatic rings. The molecule has 2 aromatic heterocycles. The average Bonchev–Trinajstić information content (AvgIpc) is 2.75. The Labute approximate surface area is 112 Å². The zero-order chi connectivity index (χ0) is 13.4. The highest BCUT2D eigenvalue weighted by Crippen LogP contribution is 2.23. The van der Waals surface area contributed by atoms with Gasteiger partial charge in [0.2, 0.25) is 0 Å². The minimum Gasteiger partial charge on any atom is -0.295 e. The van der Waals surface area contributed by atoms with Gasteiger partial charge in [0.05, 0.1) is 23.3 Å². The van der Waals surface area contributed by atoms with Crippen LogP contribution in [0.2, 0.25) is 0 Å². The molecule has 0 unspecified atom stereocenters. The second-order valence-corrected chi connectivity index (χ2v) is 4.26. The number of pyridine rings is 1. The van der Waals surface area contributed by atoms with E-state index in [1.807, 2.05) is 0 Å². The normalized spacial score (nSPS) is 11.1. The van der Waals surface area contributed by atoms with Gasteiger partial charge in [-0.2, -0.15) is 0 Å². The van der Waals surface area contributed by atoms with Gasteiger partial charge in [-0.25, -0.2) is 13.8 Å². The van der Waals surface area contributed by atoms with E-state index in [0.29, 0.717) is 22.5 Å². The van der Waals surface area contributed by atoms with Gasteiger partial charge in [-0.3, -0.25) is 9.55 Å². The second-order valence-electron chi connectivity index (χ2n) is 3.99. The van der Waals surface area contributed by atoms with E-state index < -0.39 is 11.6 Å². The summed E-state index contributed by atoms with van der Waals surface area (Å²) in [6.45, 7) is 0. The summed E-state index contributed by atoms with van der Waals surface area (Å²) in [5.41, 5.74) is 1.68. The largest absolute Gasteiger partial charge is 0.295 e. The zero-order valence-electron chi connectivity index (χ0n) is 9.65. The first-order chi connectivity index (χ1) is 9.19. The highest BCUT2D eigenvalue weighted by molar-refractivity contribution is 6.17. The van der Waals surface area contributed by atoms with Gasteiger partial charge in [0, 0.05) is 12.3 Å². The Bertz CT molecular complexity index is 734. The van der Waals surface area contributed by atoms with Gasteiger partial charge in [-0.05, 0) is 18.2 Å². The molecule has 0 radical (unpaired) electrons. The van der Waals surface area contributed by atoms with Gasteiger partial charge in [-0.1, -0.05) is 0 Å². The molecule has 0 amide bonds. The first-order valence-corrected chi connectivity index (χ1v) is 6.06. The highest BCUT2D eigenvalue weighted by Gasteiger charge is 2.13. The predicted molar refractivity (Wildman–Crippen MR) is 68.3 cm³/mol. The van der Waals surface area contributed by atoms with Crippen molar-refractivity contribution in [2.75, 3.05) is 0 Å². The minimum atomic E-state index is -0.647. The summed E-state index contributed by atoms with van der Waals surface area (Å²) in [5.74, 6) is -0.653. The number of imidazole rings is 1. The number of aromatic nitrogens is 3. The molecule has 0 saturated carbocycles. The fourth-order valence-electron chi connectivity index (χ4n) is 2.03. The van der Waals surface area contributed by atoms with E-state index in [-0.39, 0.29) is 5.88 Å². The van der Waals surface area contributed by atoms with Crippen molar-refractivity contribution in [3.8, 4) is 5.69 Å². The Hall–Kier alpha value is -2.01. The zero-order valence-corrected chi connectivity index (χ0v) is 10.4. The van der Waals surface area contributed by atoms with E-state index in [1.165, 1.54) is 12.1 Å².